The molecule has 12 heteroatoms. The van der Waals surface area contributed by atoms with Crippen molar-refractivity contribution in [1.82, 2.24) is 4.90 Å². The second-order valence-electron chi connectivity index (χ2n) is 10.7. The molecule has 2 heterocycles. The molecule has 1 aromatic carbocycles. The highest BCUT2D eigenvalue weighted by Gasteiger charge is 2.69. The number of hydrogen-bond acceptors (Lipinski definition) is 11. The lowest BCUT2D eigenvalue weighted by Gasteiger charge is -2.58. The third-order valence-corrected chi connectivity index (χ3v) is 8.49. The zero-order valence-electron chi connectivity index (χ0n) is 23.9. The number of methoxy groups -OCH3 is 1. The Morgan fingerprint density at radius 3 is 2.59 bits per heavy atom. The Labute approximate surface area is 238 Å². The number of aryl methyl sites for hydroxylation is 1. The van der Waals surface area contributed by atoms with Gasteiger partial charge in [-0.3, -0.25) is 14.4 Å². The summed E-state index contributed by atoms with van der Waals surface area (Å²) in [4.78, 5) is 50.9. The van der Waals surface area contributed by atoms with Crippen LogP contribution in [-0.4, -0.2) is 90.2 Å². The Morgan fingerprint density at radius 1 is 1.20 bits per heavy atom. The molecule has 2 N–H and O–H groups in total. The van der Waals surface area contributed by atoms with Gasteiger partial charge in [-0.2, -0.15) is 0 Å². The number of carbonyl (C=O) groups excluding carboxylic acids is 3. The van der Waals surface area contributed by atoms with Gasteiger partial charge in [0.2, 0.25) is 6.10 Å². The van der Waals surface area contributed by atoms with Crippen LogP contribution in [0.4, 0.5) is 0 Å². The summed E-state index contributed by atoms with van der Waals surface area (Å²) in [6.07, 6.45) is -1.99. The van der Waals surface area contributed by atoms with Gasteiger partial charge in [-0.05, 0) is 58.5 Å². The first-order chi connectivity index (χ1) is 19.4. The molecule has 1 aromatic rings. The van der Waals surface area contributed by atoms with Crippen LogP contribution in [0.5, 0.6) is 11.5 Å². The van der Waals surface area contributed by atoms with E-state index in [-0.39, 0.29) is 24.8 Å². The summed E-state index contributed by atoms with van der Waals surface area (Å²) in [6.45, 7) is 6.14. The number of carbonyl (C=O) groups is 4. The predicted molar refractivity (Wildman–Crippen MR) is 142 cm³/mol. The first-order valence-electron chi connectivity index (χ1n) is 13.7. The number of likely N-dealkylation sites (tertiary alicyclic amines) is 1. The molecule has 0 amide bonds. The Kier molecular flexibility index (Phi) is 8.65. The molecule has 0 bridgehead atoms. The van der Waals surface area contributed by atoms with Gasteiger partial charge < -0.3 is 38.8 Å². The molecule has 1 spiro atoms. The molecular weight excluding hydrogens is 538 g/mol. The number of piperidine rings is 1. The normalized spacial score (nSPS) is 27.2. The maximum Gasteiger partial charge on any atom is 0.353 e. The molecule has 3 aliphatic rings. The topological polar surface area (TPSA) is 158 Å². The second-order valence-corrected chi connectivity index (χ2v) is 10.7. The molecule has 224 valence electrons. The largest absolute Gasteiger partial charge is 0.493 e. The van der Waals surface area contributed by atoms with Crippen LogP contribution in [0.15, 0.2) is 24.0 Å². The molecule has 41 heavy (non-hydrogen) atoms. The van der Waals surface area contributed by atoms with Gasteiger partial charge in [-0.25, -0.2) is 4.79 Å². The van der Waals surface area contributed by atoms with Crippen LogP contribution in [0.25, 0.3) is 0 Å². The third kappa shape index (κ3) is 5.26. The van der Waals surface area contributed by atoms with E-state index in [9.17, 15) is 24.3 Å². The Hall–Kier alpha value is -3.64. The molecule has 1 aliphatic carbocycles. The maximum absolute atomic E-state index is 13.4. The SMILES string of the molecule is CCOC(=O)C[C@H](OC(=O)CCC(=O)O)C(=O)OC1=CC[C@@]2(O)[C@@H](C)N(C)CC[C@@]23c2c(C)ccc(OC)c2O[C@@H]13. The lowest BCUT2D eigenvalue weighted by Crippen LogP contribution is -2.71. The van der Waals surface area contributed by atoms with E-state index in [4.69, 9.17) is 28.8 Å². The van der Waals surface area contributed by atoms with Crippen molar-refractivity contribution >= 4 is 23.9 Å². The standard InChI is InChI=1S/C29H37NO11/c1-6-38-23(34)15-20(39-22(33)10-9-21(31)32)27(35)40-19-11-12-29(36)17(3)30(4)14-13-28(29)24-16(2)7-8-18(37-5)25(24)41-26(19)28/h7-8,11,17,20,26,36H,6,9-10,12-15H2,1-5H3,(H,31,32)/t17-,20+,26+,28+,29-/m1/s1. The number of nitrogens with zero attached hydrogens (tertiary/aromatic N) is 1. The Bertz CT molecular complexity index is 1260. The number of carboxylic acids is 1. The molecule has 0 aromatic heterocycles. The van der Waals surface area contributed by atoms with Crippen molar-refractivity contribution in [2.24, 2.45) is 0 Å². The molecule has 0 unspecified atom stereocenters. The van der Waals surface area contributed by atoms with Gasteiger partial charge in [0.1, 0.15) is 5.76 Å². The van der Waals surface area contributed by atoms with Crippen LogP contribution < -0.4 is 9.47 Å². The summed E-state index contributed by atoms with van der Waals surface area (Å²) in [5, 5.41) is 21.2. The minimum absolute atomic E-state index is 0.0435. The van der Waals surface area contributed by atoms with Gasteiger partial charge in [0.15, 0.2) is 17.6 Å². The van der Waals surface area contributed by atoms with E-state index in [0.29, 0.717) is 24.5 Å². The van der Waals surface area contributed by atoms with Gasteiger partial charge in [0.25, 0.3) is 0 Å². The minimum atomic E-state index is -1.68. The molecule has 0 saturated carbocycles. The number of aliphatic carboxylic acids is 1. The highest BCUT2D eigenvalue weighted by molar-refractivity contribution is 5.86. The van der Waals surface area contributed by atoms with Crippen molar-refractivity contribution in [3.8, 4) is 11.5 Å². The number of benzene rings is 1. The van der Waals surface area contributed by atoms with Crippen LogP contribution >= 0.6 is 0 Å². The lowest BCUT2D eigenvalue weighted by atomic mass is 9.54. The lowest BCUT2D eigenvalue weighted by molar-refractivity contribution is -0.175. The molecule has 4 rings (SSSR count). The molecule has 1 fully saturated rings. The van der Waals surface area contributed by atoms with Crippen LogP contribution in [0.1, 0.15) is 57.1 Å². The van der Waals surface area contributed by atoms with E-state index in [1.54, 1.807) is 19.1 Å². The van der Waals surface area contributed by atoms with E-state index < -0.39 is 66.4 Å². The van der Waals surface area contributed by atoms with E-state index in [1.807, 2.05) is 27.0 Å². The zero-order valence-corrected chi connectivity index (χ0v) is 23.9. The van der Waals surface area contributed by atoms with E-state index in [0.717, 1.165) is 11.1 Å². The smallest absolute Gasteiger partial charge is 0.353 e. The van der Waals surface area contributed by atoms with Gasteiger partial charge in [-0.15, -0.1) is 0 Å². The highest BCUT2D eigenvalue weighted by Crippen LogP contribution is 2.62. The number of likely N-dealkylation sites (N-methyl/N-ethyl adjacent to an activating group) is 1. The molecular formula is C29H37NO11. The predicted octanol–water partition coefficient (Wildman–Crippen LogP) is 2.02. The highest BCUT2D eigenvalue weighted by atomic mass is 16.6. The Morgan fingerprint density at radius 2 is 1.93 bits per heavy atom. The van der Waals surface area contributed by atoms with Crippen molar-refractivity contribution in [2.45, 2.75) is 82.1 Å². The fourth-order valence-electron chi connectivity index (χ4n) is 6.31. The van der Waals surface area contributed by atoms with E-state index >= 15 is 0 Å². The fraction of sp³-hybridized carbons (Fsp3) is 0.586. The van der Waals surface area contributed by atoms with E-state index in [1.165, 1.54) is 7.11 Å². The molecule has 0 radical (unpaired) electrons. The summed E-state index contributed by atoms with van der Waals surface area (Å²) in [5.41, 5.74) is -0.615. The summed E-state index contributed by atoms with van der Waals surface area (Å²) in [5.74, 6) is -2.98. The van der Waals surface area contributed by atoms with Crippen molar-refractivity contribution in [1.29, 1.82) is 0 Å². The molecule has 2 aliphatic heterocycles. The van der Waals surface area contributed by atoms with Gasteiger partial charge in [0.05, 0.1) is 44.0 Å². The fourth-order valence-corrected chi connectivity index (χ4v) is 6.31. The third-order valence-electron chi connectivity index (χ3n) is 8.49. The van der Waals surface area contributed by atoms with Crippen LogP contribution in [0.3, 0.4) is 0 Å². The number of fused-ring (bicyclic) bond motifs is 1. The number of esters is 3. The van der Waals surface area contributed by atoms with Crippen molar-refractivity contribution < 1.29 is 53.1 Å². The molecule has 1 saturated heterocycles. The van der Waals surface area contributed by atoms with E-state index in [2.05, 4.69) is 4.90 Å². The summed E-state index contributed by atoms with van der Waals surface area (Å²) in [6, 6.07) is 3.40. The number of aliphatic hydroxyl groups is 1. The summed E-state index contributed by atoms with van der Waals surface area (Å²) < 4.78 is 28.0. The first-order valence-corrected chi connectivity index (χ1v) is 13.7. The number of hydrogen-bond donors (Lipinski definition) is 2. The quantitative estimate of drug-likeness (QED) is 0.309. The summed E-state index contributed by atoms with van der Waals surface area (Å²) >= 11 is 0. The van der Waals surface area contributed by atoms with Crippen molar-refractivity contribution in [2.75, 3.05) is 27.3 Å². The zero-order chi connectivity index (χ0) is 30.1. The van der Waals surface area contributed by atoms with Crippen LogP contribution in [-0.2, 0) is 38.8 Å². The van der Waals surface area contributed by atoms with Crippen molar-refractivity contribution in [3.05, 3.63) is 35.1 Å². The second kappa shape index (κ2) is 11.7. The Balaban J connectivity index is 1.70. The summed E-state index contributed by atoms with van der Waals surface area (Å²) in [7, 11) is 3.46. The number of carboxylic acid groups (broad SMARTS) is 1. The van der Waals surface area contributed by atoms with Crippen molar-refractivity contribution in [3.63, 3.8) is 0 Å². The molecule has 5 atom stereocenters. The first kappa shape index (κ1) is 30.3. The number of ether oxygens (including phenoxy) is 5. The number of rotatable bonds is 10. The monoisotopic (exact) mass is 575 g/mol. The van der Waals surface area contributed by atoms with Gasteiger partial charge in [0, 0.05) is 18.0 Å². The average Bonchev–Trinajstić information content (AvgIpc) is 3.29. The maximum atomic E-state index is 13.4. The average molecular weight is 576 g/mol. The van der Waals surface area contributed by atoms with Gasteiger partial charge in [-0.1, -0.05) is 6.07 Å². The molecule has 12 nitrogen and oxygen atoms in total. The van der Waals surface area contributed by atoms with Crippen LogP contribution in [0.2, 0.25) is 0 Å². The minimum Gasteiger partial charge on any atom is -0.493 e. The van der Waals surface area contributed by atoms with Gasteiger partial charge >= 0.3 is 23.9 Å². The van der Waals surface area contributed by atoms with Crippen LogP contribution in [0, 0.1) is 6.92 Å².